The number of hydrogen-bond acceptors (Lipinski definition) is 2. The van der Waals surface area contributed by atoms with Gasteiger partial charge in [0.05, 0.1) is 10.6 Å². The minimum absolute atomic E-state index is 0.0133. The normalized spacial score (nSPS) is 10.0. The molecule has 0 radical (unpaired) electrons. The molecule has 0 aliphatic rings. The smallest absolute Gasteiger partial charge is 0.337 e. The molecule has 23 heavy (non-hydrogen) atoms. The SMILES string of the molecule is CC.Cc1c(N)c(C(=O)O)cc(Cl)c1-c1cc(Cl)c(F)cc1F. The van der Waals surface area contributed by atoms with Crippen molar-refractivity contribution < 1.29 is 18.7 Å². The van der Waals surface area contributed by atoms with Gasteiger partial charge in [-0.1, -0.05) is 37.0 Å². The first-order chi connectivity index (χ1) is 10.7. The van der Waals surface area contributed by atoms with E-state index in [0.717, 1.165) is 12.1 Å². The van der Waals surface area contributed by atoms with Crippen molar-refractivity contribution in [2.45, 2.75) is 20.8 Å². The van der Waals surface area contributed by atoms with Crippen LogP contribution in [0.4, 0.5) is 14.5 Å². The molecule has 0 aromatic heterocycles. The fourth-order valence-electron chi connectivity index (χ4n) is 2.01. The lowest BCUT2D eigenvalue weighted by Crippen LogP contribution is -2.06. The van der Waals surface area contributed by atoms with Gasteiger partial charge < -0.3 is 10.8 Å². The summed E-state index contributed by atoms with van der Waals surface area (Å²) in [5.74, 6) is -3.02. The predicted molar refractivity (Wildman–Crippen MR) is 89.3 cm³/mol. The van der Waals surface area contributed by atoms with Crippen molar-refractivity contribution in [3.63, 3.8) is 0 Å². The highest BCUT2D eigenvalue weighted by Gasteiger charge is 2.20. The van der Waals surface area contributed by atoms with E-state index in [1.165, 1.54) is 6.92 Å². The molecule has 0 saturated heterocycles. The van der Waals surface area contributed by atoms with E-state index in [0.29, 0.717) is 6.07 Å². The number of nitrogen functional groups attached to an aromatic ring is 1. The fourth-order valence-corrected chi connectivity index (χ4v) is 2.53. The standard InChI is InChI=1S/C14H9Cl2F2NO2.C2H6/c1-5-12(6-2-8(15)11(18)4-10(6)17)9(16)3-7(13(5)19)14(20)21;1-2/h2-4H,19H2,1H3,(H,20,21);1-2H3. The maximum absolute atomic E-state index is 14.0. The van der Waals surface area contributed by atoms with Crippen molar-refractivity contribution in [3.8, 4) is 11.1 Å². The Kier molecular flexibility index (Phi) is 6.36. The molecule has 2 rings (SSSR count). The second kappa shape index (κ2) is 7.62. The van der Waals surface area contributed by atoms with Crippen molar-refractivity contribution >= 4 is 34.9 Å². The number of halogens is 4. The third-order valence-electron chi connectivity index (χ3n) is 3.09. The average molecular weight is 362 g/mol. The van der Waals surface area contributed by atoms with E-state index in [1.54, 1.807) is 0 Å². The molecule has 3 N–H and O–H groups in total. The molecule has 0 bridgehead atoms. The number of anilines is 1. The quantitative estimate of drug-likeness (QED) is 0.544. The third kappa shape index (κ3) is 3.74. The van der Waals surface area contributed by atoms with Gasteiger partial charge in [0, 0.05) is 27.9 Å². The number of hydrogen-bond donors (Lipinski definition) is 2. The molecule has 0 aliphatic carbocycles. The van der Waals surface area contributed by atoms with Crippen molar-refractivity contribution in [1.29, 1.82) is 0 Å². The Balaban J connectivity index is 0.00000127. The molecule has 0 aliphatic heterocycles. The van der Waals surface area contributed by atoms with Gasteiger partial charge in [-0.3, -0.25) is 0 Å². The Bertz CT molecular complexity index is 764. The summed E-state index contributed by atoms with van der Waals surface area (Å²) in [7, 11) is 0. The summed E-state index contributed by atoms with van der Waals surface area (Å²) < 4.78 is 27.2. The van der Waals surface area contributed by atoms with Gasteiger partial charge in [0.25, 0.3) is 0 Å². The summed E-state index contributed by atoms with van der Waals surface area (Å²) in [5.41, 5.74) is 5.92. The maximum Gasteiger partial charge on any atom is 0.337 e. The van der Waals surface area contributed by atoms with E-state index in [2.05, 4.69) is 0 Å². The van der Waals surface area contributed by atoms with Gasteiger partial charge in [-0.25, -0.2) is 13.6 Å². The summed E-state index contributed by atoms with van der Waals surface area (Å²) in [5, 5.41) is 8.74. The van der Waals surface area contributed by atoms with Crippen LogP contribution in [-0.2, 0) is 0 Å². The molecule has 0 atom stereocenters. The lowest BCUT2D eigenvalue weighted by Gasteiger charge is -2.14. The Hall–Kier alpha value is -1.85. The monoisotopic (exact) mass is 361 g/mol. The van der Waals surface area contributed by atoms with Crippen LogP contribution in [0, 0.1) is 18.6 Å². The zero-order valence-electron chi connectivity index (χ0n) is 12.7. The minimum Gasteiger partial charge on any atom is -0.478 e. The second-order valence-corrected chi connectivity index (χ2v) is 5.19. The zero-order valence-corrected chi connectivity index (χ0v) is 14.2. The molecule has 3 nitrogen and oxygen atoms in total. The summed E-state index contributed by atoms with van der Waals surface area (Å²) in [4.78, 5) is 11.1. The maximum atomic E-state index is 14.0. The van der Waals surface area contributed by atoms with Crippen LogP contribution >= 0.6 is 23.2 Å². The van der Waals surface area contributed by atoms with Crippen LogP contribution in [0.25, 0.3) is 11.1 Å². The van der Waals surface area contributed by atoms with Gasteiger partial charge >= 0.3 is 5.97 Å². The van der Waals surface area contributed by atoms with Crippen LogP contribution in [-0.4, -0.2) is 11.1 Å². The Labute approximate surface area is 142 Å². The summed E-state index contributed by atoms with van der Waals surface area (Å²) in [6.45, 7) is 5.50. The van der Waals surface area contributed by atoms with Gasteiger partial charge in [0.2, 0.25) is 0 Å². The first-order valence-electron chi connectivity index (χ1n) is 6.70. The van der Waals surface area contributed by atoms with Crippen molar-refractivity contribution in [3.05, 3.63) is 51.0 Å². The second-order valence-electron chi connectivity index (χ2n) is 4.37. The van der Waals surface area contributed by atoms with Gasteiger partial charge in [-0.2, -0.15) is 0 Å². The lowest BCUT2D eigenvalue weighted by molar-refractivity contribution is 0.0698. The Morgan fingerprint density at radius 3 is 2.17 bits per heavy atom. The molecule has 0 amide bonds. The largest absolute Gasteiger partial charge is 0.478 e. The average Bonchev–Trinajstić information content (AvgIpc) is 2.50. The molecule has 0 spiro atoms. The van der Waals surface area contributed by atoms with Crippen LogP contribution in [0.2, 0.25) is 10.0 Å². The fraction of sp³-hybridized carbons (Fsp3) is 0.188. The molecular weight excluding hydrogens is 347 g/mol. The van der Waals surface area contributed by atoms with Crippen LogP contribution < -0.4 is 5.73 Å². The topological polar surface area (TPSA) is 63.3 Å². The molecular formula is C16H15Cl2F2NO2. The number of carbonyl (C=O) groups is 1. The van der Waals surface area contributed by atoms with Gasteiger partial charge in [-0.05, 0) is 24.6 Å². The molecule has 0 saturated carbocycles. The number of nitrogens with two attached hydrogens (primary N) is 1. The van der Waals surface area contributed by atoms with Crippen LogP contribution in [0.3, 0.4) is 0 Å². The Morgan fingerprint density at radius 1 is 1.09 bits per heavy atom. The van der Waals surface area contributed by atoms with E-state index < -0.39 is 17.6 Å². The van der Waals surface area contributed by atoms with Crippen LogP contribution in [0.1, 0.15) is 29.8 Å². The Morgan fingerprint density at radius 2 is 1.65 bits per heavy atom. The van der Waals surface area contributed by atoms with E-state index >= 15 is 0 Å². The third-order valence-corrected chi connectivity index (χ3v) is 3.68. The molecule has 124 valence electrons. The predicted octanol–water partition coefficient (Wildman–Crippen LogP) is 5.55. The molecule has 0 heterocycles. The summed E-state index contributed by atoms with van der Waals surface area (Å²) in [6, 6.07) is 2.84. The van der Waals surface area contributed by atoms with E-state index in [-0.39, 0.29) is 38.0 Å². The molecule has 2 aromatic carbocycles. The van der Waals surface area contributed by atoms with Crippen LogP contribution in [0.15, 0.2) is 18.2 Å². The highest BCUT2D eigenvalue weighted by Crippen LogP contribution is 2.39. The van der Waals surface area contributed by atoms with Crippen molar-refractivity contribution in [2.75, 3.05) is 5.73 Å². The number of benzene rings is 2. The van der Waals surface area contributed by atoms with Gasteiger partial charge in [-0.15, -0.1) is 0 Å². The molecule has 0 fully saturated rings. The zero-order chi connectivity index (χ0) is 17.9. The molecule has 7 heteroatoms. The summed E-state index contributed by atoms with van der Waals surface area (Å²) >= 11 is 11.7. The number of aromatic carboxylic acids is 1. The van der Waals surface area contributed by atoms with E-state index in [4.69, 9.17) is 34.0 Å². The van der Waals surface area contributed by atoms with Crippen LogP contribution in [0.5, 0.6) is 0 Å². The minimum atomic E-state index is -1.25. The van der Waals surface area contributed by atoms with Crippen molar-refractivity contribution in [1.82, 2.24) is 0 Å². The first kappa shape index (κ1) is 19.2. The lowest BCUT2D eigenvalue weighted by atomic mass is 9.95. The van der Waals surface area contributed by atoms with Gasteiger partial charge in [0.1, 0.15) is 11.6 Å². The molecule has 0 unspecified atom stereocenters. The first-order valence-corrected chi connectivity index (χ1v) is 7.46. The number of carboxylic acids is 1. The van der Waals surface area contributed by atoms with E-state index in [9.17, 15) is 13.6 Å². The highest BCUT2D eigenvalue weighted by molar-refractivity contribution is 6.34. The highest BCUT2D eigenvalue weighted by atomic mass is 35.5. The summed E-state index contributed by atoms with van der Waals surface area (Å²) in [6.07, 6.45) is 0. The van der Waals surface area contributed by atoms with E-state index in [1.807, 2.05) is 13.8 Å². The number of rotatable bonds is 2. The van der Waals surface area contributed by atoms with Crippen molar-refractivity contribution in [2.24, 2.45) is 0 Å². The molecule has 2 aromatic rings. The van der Waals surface area contributed by atoms with Gasteiger partial charge in [0.15, 0.2) is 0 Å². The number of carboxylic acid groups (broad SMARTS) is 1.